The highest BCUT2D eigenvalue weighted by molar-refractivity contribution is 7.93. The lowest BCUT2D eigenvalue weighted by Gasteiger charge is -2.32. The van der Waals surface area contributed by atoms with Gasteiger partial charge in [0, 0.05) is 60.7 Å². The highest BCUT2D eigenvalue weighted by atomic mass is 32.2. The maximum absolute atomic E-state index is 13.5. The van der Waals surface area contributed by atoms with E-state index in [-0.39, 0.29) is 48.1 Å². The van der Waals surface area contributed by atoms with Gasteiger partial charge < -0.3 is 26.1 Å². The number of aliphatic hydroxyl groups is 1. The number of amides is 2. The SMILES string of the molecule is CC(C)CN([C@H](CO)CCCCNC(=O)[C@H](Cc1c[nH]c2ccccc12)NC(=O)C(C)C)S(=O)(=O)C1=CCC(=N)C=C1. The van der Waals surface area contributed by atoms with Gasteiger partial charge in [0.1, 0.15) is 6.04 Å². The Labute approximate surface area is 249 Å². The molecule has 2 atom stereocenters. The molecule has 0 fully saturated rings. The van der Waals surface area contributed by atoms with Gasteiger partial charge >= 0.3 is 0 Å². The van der Waals surface area contributed by atoms with Crippen molar-refractivity contribution >= 4 is 38.5 Å². The predicted octanol–water partition coefficient (Wildman–Crippen LogP) is 3.65. The number of para-hydroxylation sites is 1. The third kappa shape index (κ3) is 8.86. The number of nitrogens with zero attached hydrogens (tertiary/aromatic N) is 1. The number of aromatic nitrogens is 1. The van der Waals surface area contributed by atoms with E-state index in [0.29, 0.717) is 37.9 Å². The van der Waals surface area contributed by atoms with E-state index >= 15 is 0 Å². The van der Waals surface area contributed by atoms with Crippen LogP contribution in [0.1, 0.15) is 58.9 Å². The average molecular weight is 600 g/mol. The minimum atomic E-state index is -3.84. The molecule has 5 N–H and O–H groups in total. The van der Waals surface area contributed by atoms with Crippen LogP contribution in [0.4, 0.5) is 0 Å². The topological polar surface area (TPSA) is 155 Å². The van der Waals surface area contributed by atoms with Crippen molar-refractivity contribution < 1.29 is 23.1 Å². The van der Waals surface area contributed by atoms with Gasteiger partial charge in [-0.1, -0.05) is 58.4 Å². The fraction of sp³-hybridized carbons (Fsp3) is 0.516. The fourth-order valence-electron chi connectivity index (χ4n) is 4.89. The fourth-order valence-corrected chi connectivity index (χ4v) is 6.76. The zero-order valence-corrected chi connectivity index (χ0v) is 25.8. The van der Waals surface area contributed by atoms with Crippen LogP contribution >= 0.6 is 0 Å². The first-order valence-corrected chi connectivity index (χ1v) is 16.1. The molecular weight excluding hydrogens is 554 g/mol. The lowest BCUT2D eigenvalue weighted by Crippen LogP contribution is -2.49. The Balaban J connectivity index is 1.60. The molecule has 42 heavy (non-hydrogen) atoms. The van der Waals surface area contributed by atoms with E-state index in [1.54, 1.807) is 19.9 Å². The molecule has 0 bridgehead atoms. The monoisotopic (exact) mass is 599 g/mol. The number of sulfonamides is 1. The van der Waals surface area contributed by atoms with Crippen LogP contribution < -0.4 is 10.6 Å². The molecule has 11 heteroatoms. The van der Waals surface area contributed by atoms with E-state index in [1.807, 2.05) is 44.3 Å². The molecule has 1 heterocycles. The number of unbranched alkanes of at least 4 members (excludes halogenated alkanes) is 1. The predicted molar refractivity (Wildman–Crippen MR) is 167 cm³/mol. The molecule has 2 amide bonds. The van der Waals surface area contributed by atoms with Crippen LogP contribution in [0.3, 0.4) is 0 Å². The third-order valence-corrected chi connectivity index (χ3v) is 9.22. The number of aliphatic hydroxyl groups excluding tert-OH is 1. The van der Waals surface area contributed by atoms with Crippen molar-refractivity contribution in [2.75, 3.05) is 19.7 Å². The molecule has 1 aromatic carbocycles. The molecule has 230 valence electrons. The number of nitrogens with one attached hydrogen (secondary N) is 4. The van der Waals surface area contributed by atoms with Gasteiger partial charge in [-0.25, -0.2) is 8.42 Å². The van der Waals surface area contributed by atoms with Gasteiger partial charge in [-0.3, -0.25) is 9.59 Å². The Morgan fingerprint density at radius 2 is 1.83 bits per heavy atom. The van der Waals surface area contributed by atoms with Crippen molar-refractivity contribution in [2.45, 2.75) is 71.9 Å². The molecule has 3 rings (SSSR count). The van der Waals surface area contributed by atoms with Crippen molar-refractivity contribution in [3.05, 3.63) is 59.2 Å². The van der Waals surface area contributed by atoms with Crippen LogP contribution in [0.25, 0.3) is 10.9 Å². The third-order valence-electron chi connectivity index (χ3n) is 7.26. The van der Waals surface area contributed by atoms with Crippen molar-refractivity contribution in [1.82, 2.24) is 19.9 Å². The van der Waals surface area contributed by atoms with E-state index < -0.39 is 22.1 Å². The smallest absolute Gasteiger partial charge is 0.243 e. The Hall–Kier alpha value is -3.28. The van der Waals surface area contributed by atoms with Gasteiger partial charge in [-0.2, -0.15) is 4.31 Å². The number of carbonyl (C=O) groups excluding carboxylic acids is 2. The molecule has 1 aromatic heterocycles. The summed E-state index contributed by atoms with van der Waals surface area (Å²) in [6.07, 6.45) is 8.52. The first kappa shape index (κ1) is 33.2. The van der Waals surface area contributed by atoms with E-state index in [0.717, 1.165) is 16.5 Å². The average Bonchev–Trinajstić information content (AvgIpc) is 3.36. The second kappa shape index (κ2) is 15.3. The Morgan fingerprint density at radius 3 is 2.48 bits per heavy atom. The number of H-pyrrole nitrogens is 1. The van der Waals surface area contributed by atoms with E-state index in [1.165, 1.54) is 16.5 Å². The standard InChI is InChI=1S/C31H45N5O5S/c1-21(2)19-36(42(40,41)26-14-12-24(32)13-15-26)25(20-37)9-7-8-16-33-31(39)29(35-30(38)22(3)4)17-23-18-34-28-11-6-5-10-27(23)28/h5-6,10-12,14-15,18,21-22,25,29,32,34,37H,7-9,13,16-17,19-20H2,1-4H3,(H,33,39)(H,35,38)/t25-,29-/m0/s1. The number of allylic oxidation sites excluding steroid dienone is 3. The highest BCUT2D eigenvalue weighted by Crippen LogP contribution is 2.24. The largest absolute Gasteiger partial charge is 0.395 e. The maximum atomic E-state index is 13.5. The number of carbonyl (C=O) groups is 2. The Morgan fingerprint density at radius 1 is 1.10 bits per heavy atom. The molecule has 0 radical (unpaired) electrons. The van der Waals surface area contributed by atoms with Crippen LogP contribution in [0, 0.1) is 17.2 Å². The second-order valence-corrected chi connectivity index (χ2v) is 13.4. The van der Waals surface area contributed by atoms with Crippen molar-refractivity contribution in [3.8, 4) is 0 Å². The molecule has 0 unspecified atom stereocenters. The zero-order chi connectivity index (χ0) is 30.9. The normalized spacial score (nSPS) is 15.3. The quantitative estimate of drug-likeness (QED) is 0.186. The number of hydrogen-bond donors (Lipinski definition) is 5. The van der Waals surface area contributed by atoms with Gasteiger partial charge in [0.25, 0.3) is 0 Å². The van der Waals surface area contributed by atoms with Crippen LogP contribution in [0.15, 0.2) is 53.6 Å². The molecule has 0 spiro atoms. The number of rotatable bonds is 16. The van der Waals surface area contributed by atoms with Gasteiger partial charge in [-0.15, -0.1) is 0 Å². The number of aromatic amines is 1. The van der Waals surface area contributed by atoms with Gasteiger partial charge in [-0.05, 0) is 42.5 Å². The van der Waals surface area contributed by atoms with Crippen molar-refractivity contribution in [2.24, 2.45) is 11.8 Å². The molecule has 0 aliphatic heterocycles. The zero-order valence-electron chi connectivity index (χ0n) is 25.0. The summed E-state index contributed by atoms with van der Waals surface area (Å²) in [5, 5.41) is 24.7. The first-order chi connectivity index (χ1) is 19.9. The number of hydrogen-bond acceptors (Lipinski definition) is 6. The van der Waals surface area contributed by atoms with Gasteiger partial charge in [0.05, 0.1) is 11.5 Å². The number of fused-ring (bicyclic) bond motifs is 1. The summed E-state index contributed by atoms with van der Waals surface area (Å²) >= 11 is 0. The lowest BCUT2D eigenvalue weighted by molar-refractivity contribution is -0.130. The number of benzene rings is 1. The summed E-state index contributed by atoms with van der Waals surface area (Å²) in [6.45, 7) is 7.71. The van der Waals surface area contributed by atoms with E-state index in [4.69, 9.17) is 5.41 Å². The molecular formula is C31H45N5O5S. The van der Waals surface area contributed by atoms with Crippen LogP contribution in [0.2, 0.25) is 0 Å². The van der Waals surface area contributed by atoms with E-state index in [2.05, 4.69) is 15.6 Å². The molecule has 2 aromatic rings. The van der Waals surface area contributed by atoms with E-state index in [9.17, 15) is 23.1 Å². The first-order valence-electron chi connectivity index (χ1n) is 14.7. The second-order valence-electron chi connectivity index (χ2n) is 11.5. The Kier molecular flexibility index (Phi) is 12.1. The molecule has 1 aliphatic carbocycles. The summed E-state index contributed by atoms with van der Waals surface area (Å²) < 4.78 is 28.3. The summed E-state index contributed by atoms with van der Waals surface area (Å²) in [4.78, 5) is 29.0. The van der Waals surface area contributed by atoms with Crippen molar-refractivity contribution in [1.29, 1.82) is 5.41 Å². The molecule has 0 saturated carbocycles. The van der Waals surface area contributed by atoms with Crippen LogP contribution in [-0.4, -0.2) is 72.1 Å². The molecule has 1 aliphatic rings. The minimum Gasteiger partial charge on any atom is -0.395 e. The van der Waals surface area contributed by atoms with Crippen molar-refractivity contribution in [3.63, 3.8) is 0 Å². The summed E-state index contributed by atoms with van der Waals surface area (Å²) in [5.41, 5.74) is 2.24. The van der Waals surface area contributed by atoms with Gasteiger partial charge in [0.2, 0.25) is 21.8 Å². The Bertz CT molecular complexity index is 1410. The summed E-state index contributed by atoms with van der Waals surface area (Å²) in [6, 6.07) is 6.46. The van der Waals surface area contributed by atoms with Crippen LogP contribution in [-0.2, 0) is 26.0 Å². The summed E-state index contributed by atoms with van der Waals surface area (Å²) in [7, 11) is -3.84. The molecule has 0 saturated heterocycles. The lowest BCUT2D eigenvalue weighted by atomic mass is 10.0. The minimum absolute atomic E-state index is 0.0507. The summed E-state index contributed by atoms with van der Waals surface area (Å²) in [5.74, 6) is -0.698. The molecule has 10 nitrogen and oxygen atoms in total. The highest BCUT2D eigenvalue weighted by Gasteiger charge is 2.33. The van der Waals surface area contributed by atoms with Gasteiger partial charge in [0.15, 0.2) is 0 Å². The van der Waals surface area contributed by atoms with Crippen LogP contribution in [0.5, 0.6) is 0 Å². The maximum Gasteiger partial charge on any atom is 0.243 e.